The minimum Gasteiger partial charge on any atom is -0.497 e. The molecular weight excluding hydrogens is 412 g/mol. The van der Waals surface area contributed by atoms with Crippen LogP contribution < -0.4 is 4.74 Å². The van der Waals surface area contributed by atoms with E-state index in [4.69, 9.17) is 9.47 Å². The Bertz CT molecular complexity index is 1150. The molecule has 6 nitrogen and oxygen atoms in total. The maximum absolute atomic E-state index is 13.1. The van der Waals surface area contributed by atoms with Crippen LogP contribution in [0.15, 0.2) is 48.0 Å². The van der Waals surface area contributed by atoms with Crippen LogP contribution in [0, 0.1) is 5.92 Å². The highest BCUT2D eigenvalue weighted by molar-refractivity contribution is 7.00. The van der Waals surface area contributed by atoms with Crippen LogP contribution in [0.2, 0.25) is 0 Å². The lowest BCUT2D eigenvalue weighted by atomic mass is 9.80. The topological polar surface area (TPSA) is 81.5 Å². The number of carbonyl (C=O) groups excluding carboxylic acids is 1. The lowest BCUT2D eigenvalue weighted by Gasteiger charge is -2.29. The number of hydrogen-bond donors (Lipinski definition) is 1. The second-order valence-electron chi connectivity index (χ2n) is 8.29. The predicted octanol–water partition coefficient (Wildman–Crippen LogP) is 4.83. The van der Waals surface area contributed by atoms with E-state index in [1.54, 1.807) is 31.4 Å². The van der Waals surface area contributed by atoms with Crippen LogP contribution >= 0.6 is 11.7 Å². The molecule has 1 atom stereocenters. The second-order valence-corrected chi connectivity index (χ2v) is 8.82. The molecule has 31 heavy (non-hydrogen) atoms. The van der Waals surface area contributed by atoms with Gasteiger partial charge in [-0.15, -0.1) is 0 Å². The molecule has 0 saturated heterocycles. The summed E-state index contributed by atoms with van der Waals surface area (Å²) < 4.78 is 19.5. The SMILES string of the molecule is COc1ccc(C2(O)OC(=O)C(c3ccc4nsnc4c3)=C2CC2CCCCC2)cc1. The second kappa shape index (κ2) is 8.05. The van der Waals surface area contributed by atoms with Crippen LogP contribution in [-0.2, 0) is 15.3 Å². The van der Waals surface area contributed by atoms with Crippen LogP contribution in [0.5, 0.6) is 5.75 Å². The van der Waals surface area contributed by atoms with Gasteiger partial charge in [-0.25, -0.2) is 4.79 Å². The molecule has 1 unspecified atom stereocenters. The van der Waals surface area contributed by atoms with E-state index < -0.39 is 11.8 Å². The van der Waals surface area contributed by atoms with Gasteiger partial charge in [-0.2, -0.15) is 8.75 Å². The van der Waals surface area contributed by atoms with Crippen LogP contribution in [0.4, 0.5) is 0 Å². The minimum atomic E-state index is -1.79. The number of aliphatic hydroxyl groups is 1. The Morgan fingerprint density at radius 1 is 1.10 bits per heavy atom. The van der Waals surface area contributed by atoms with Gasteiger partial charge >= 0.3 is 5.97 Å². The van der Waals surface area contributed by atoms with Crippen LogP contribution in [0.25, 0.3) is 16.6 Å². The Morgan fingerprint density at radius 2 is 1.84 bits per heavy atom. The van der Waals surface area contributed by atoms with Gasteiger partial charge in [-0.3, -0.25) is 0 Å². The lowest BCUT2D eigenvalue weighted by molar-refractivity contribution is -0.185. The minimum absolute atomic E-state index is 0.419. The number of esters is 1. The lowest BCUT2D eigenvalue weighted by Crippen LogP contribution is -2.30. The molecule has 3 aromatic rings. The summed E-state index contributed by atoms with van der Waals surface area (Å²) in [6, 6.07) is 12.6. The molecule has 1 aromatic heterocycles. The van der Waals surface area contributed by atoms with E-state index >= 15 is 0 Å². The number of carbonyl (C=O) groups is 1. The monoisotopic (exact) mass is 436 g/mol. The van der Waals surface area contributed by atoms with E-state index in [0.717, 1.165) is 35.6 Å². The zero-order chi connectivity index (χ0) is 21.4. The van der Waals surface area contributed by atoms with Gasteiger partial charge in [0, 0.05) is 11.1 Å². The highest BCUT2D eigenvalue weighted by Crippen LogP contribution is 2.47. The van der Waals surface area contributed by atoms with E-state index in [9.17, 15) is 9.90 Å². The Balaban J connectivity index is 1.63. The largest absolute Gasteiger partial charge is 0.497 e. The smallest absolute Gasteiger partial charge is 0.341 e. The van der Waals surface area contributed by atoms with Gasteiger partial charge in [-0.05, 0) is 54.3 Å². The molecule has 1 N–H and O–H groups in total. The summed E-state index contributed by atoms with van der Waals surface area (Å²) in [5, 5.41) is 11.7. The fraction of sp³-hybridized carbons (Fsp3) is 0.375. The quantitative estimate of drug-likeness (QED) is 0.577. The van der Waals surface area contributed by atoms with Crippen molar-refractivity contribution in [1.29, 1.82) is 0 Å². The summed E-state index contributed by atoms with van der Waals surface area (Å²) in [7, 11) is 1.59. The Kier molecular flexibility index (Phi) is 5.24. The molecule has 2 heterocycles. The Labute approximate surface area is 184 Å². The zero-order valence-corrected chi connectivity index (χ0v) is 18.2. The van der Waals surface area contributed by atoms with Gasteiger partial charge in [0.1, 0.15) is 16.8 Å². The van der Waals surface area contributed by atoms with Crippen molar-refractivity contribution in [2.45, 2.75) is 44.3 Å². The number of aromatic nitrogens is 2. The fourth-order valence-corrected chi connectivity index (χ4v) is 5.26. The molecule has 0 spiro atoms. The summed E-state index contributed by atoms with van der Waals surface area (Å²) >= 11 is 1.14. The van der Waals surface area contributed by atoms with E-state index in [-0.39, 0.29) is 0 Å². The third-order valence-electron chi connectivity index (χ3n) is 6.40. The molecule has 2 aromatic carbocycles. The molecule has 0 amide bonds. The van der Waals surface area contributed by atoms with Gasteiger partial charge in [-0.1, -0.05) is 38.2 Å². The number of cyclic esters (lactones) is 1. The molecular formula is C24H24N2O4S. The van der Waals surface area contributed by atoms with Gasteiger partial charge in [0.25, 0.3) is 5.79 Å². The zero-order valence-electron chi connectivity index (χ0n) is 17.3. The van der Waals surface area contributed by atoms with Crippen molar-refractivity contribution in [1.82, 2.24) is 8.75 Å². The summed E-state index contributed by atoms with van der Waals surface area (Å²) in [6.45, 7) is 0. The van der Waals surface area contributed by atoms with Crippen molar-refractivity contribution < 1.29 is 19.4 Å². The standard InChI is InChI=1S/C24H24N2O4S/c1-29-18-10-8-17(9-11-18)24(28)19(13-15-5-3-2-4-6-15)22(23(27)30-24)16-7-12-20-21(14-16)26-31-25-20/h7-12,14-15,28H,2-6,13H2,1H3. The third kappa shape index (κ3) is 3.62. The van der Waals surface area contributed by atoms with Crippen molar-refractivity contribution >= 4 is 34.3 Å². The van der Waals surface area contributed by atoms with Crippen molar-refractivity contribution in [2.75, 3.05) is 7.11 Å². The molecule has 7 heteroatoms. The van der Waals surface area contributed by atoms with E-state index in [0.29, 0.717) is 40.4 Å². The average Bonchev–Trinajstić information content (AvgIpc) is 3.36. The summed E-state index contributed by atoms with van der Waals surface area (Å²) in [5.74, 6) is -1.20. The maximum atomic E-state index is 13.1. The first-order valence-electron chi connectivity index (χ1n) is 10.6. The van der Waals surface area contributed by atoms with Crippen LogP contribution in [0.3, 0.4) is 0 Å². The van der Waals surface area contributed by atoms with Crippen molar-refractivity contribution in [3.63, 3.8) is 0 Å². The number of rotatable bonds is 5. The molecule has 5 rings (SSSR count). The number of methoxy groups -OCH3 is 1. The van der Waals surface area contributed by atoms with Gasteiger partial charge < -0.3 is 14.6 Å². The van der Waals surface area contributed by atoms with Gasteiger partial charge in [0.2, 0.25) is 0 Å². The Morgan fingerprint density at radius 3 is 2.58 bits per heavy atom. The fourth-order valence-electron chi connectivity index (χ4n) is 4.74. The number of hydrogen-bond acceptors (Lipinski definition) is 7. The van der Waals surface area contributed by atoms with Crippen LogP contribution in [0.1, 0.15) is 49.7 Å². The normalized spacial score (nSPS) is 22.2. The maximum Gasteiger partial charge on any atom is 0.341 e. The average molecular weight is 437 g/mol. The molecule has 2 aliphatic rings. The molecule has 0 radical (unpaired) electrons. The molecule has 1 aliphatic heterocycles. The molecule has 1 fully saturated rings. The van der Waals surface area contributed by atoms with Crippen molar-refractivity contribution in [3.8, 4) is 5.75 Å². The first kappa shape index (κ1) is 20.2. The highest BCUT2D eigenvalue weighted by atomic mass is 32.1. The Hall–Kier alpha value is -2.77. The van der Waals surface area contributed by atoms with Crippen molar-refractivity contribution in [3.05, 3.63) is 59.2 Å². The van der Waals surface area contributed by atoms with Gasteiger partial charge in [0.15, 0.2) is 0 Å². The number of nitrogens with zero attached hydrogens (tertiary/aromatic N) is 2. The van der Waals surface area contributed by atoms with E-state index in [1.165, 1.54) is 19.3 Å². The number of benzene rings is 2. The number of fused-ring (bicyclic) bond motifs is 1. The molecule has 1 saturated carbocycles. The summed E-state index contributed by atoms with van der Waals surface area (Å²) in [6.07, 6.45) is 6.42. The van der Waals surface area contributed by atoms with Gasteiger partial charge in [0.05, 0.1) is 24.4 Å². The van der Waals surface area contributed by atoms with Crippen molar-refractivity contribution in [2.24, 2.45) is 5.92 Å². The first-order chi connectivity index (χ1) is 15.1. The van der Waals surface area contributed by atoms with E-state index in [2.05, 4.69) is 8.75 Å². The number of ether oxygens (including phenoxy) is 2. The van der Waals surface area contributed by atoms with E-state index in [1.807, 2.05) is 18.2 Å². The van der Waals surface area contributed by atoms with Crippen LogP contribution in [-0.4, -0.2) is 26.9 Å². The summed E-state index contributed by atoms with van der Waals surface area (Å²) in [5.41, 5.74) is 3.84. The summed E-state index contributed by atoms with van der Waals surface area (Å²) in [4.78, 5) is 13.1. The first-order valence-corrected chi connectivity index (χ1v) is 11.4. The molecule has 160 valence electrons. The highest BCUT2D eigenvalue weighted by Gasteiger charge is 2.48. The molecule has 1 aliphatic carbocycles. The predicted molar refractivity (Wildman–Crippen MR) is 119 cm³/mol. The molecule has 0 bridgehead atoms. The third-order valence-corrected chi connectivity index (χ3v) is 6.95.